The summed E-state index contributed by atoms with van der Waals surface area (Å²) in [6.45, 7) is -1.60. The predicted octanol–water partition coefficient (Wildman–Crippen LogP) is 0.545. The molecule has 1 aromatic rings. The average molecular weight is 327 g/mol. The topological polar surface area (TPSA) is 84.2 Å². The Kier molecular flexibility index (Phi) is 5.97. The van der Waals surface area contributed by atoms with Gasteiger partial charge in [0, 0.05) is 17.0 Å². The molecule has 0 atom stereocenters. The molecule has 1 heterocycles. The lowest BCUT2D eigenvalue weighted by Crippen LogP contribution is -2.41. The van der Waals surface area contributed by atoms with Gasteiger partial charge in [-0.15, -0.1) is 11.3 Å². The van der Waals surface area contributed by atoms with Gasteiger partial charge in [0.15, 0.2) is 0 Å². The lowest BCUT2D eigenvalue weighted by atomic mass is 10.2. The molecule has 0 saturated heterocycles. The fourth-order valence-electron chi connectivity index (χ4n) is 1.12. The highest BCUT2D eigenvalue weighted by atomic mass is 32.2. The first kappa shape index (κ1) is 16.9. The number of hydrogen-bond donors (Lipinski definition) is 3. The number of thiophene rings is 1. The van der Waals surface area contributed by atoms with E-state index >= 15 is 0 Å². The third kappa shape index (κ3) is 6.36. The second kappa shape index (κ2) is 7.05. The van der Waals surface area contributed by atoms with Gasteiger partial charge in [-0.05, 0) is 11.4 Å². The third-order valence-corrected chi connectivity index (χ3v) is 3.93. The minimum Gasteiger partial charge on any atom is -0.320 e. The van der Waals surface area contributed by atoms with E-state index in [1.54, 1.807) is 11.4 Å². The molecule has 0 radical (unpaired) electrons. The molecule has 0 bridgehead atoms. The molecule has 0 spiro atoms. The molecule has 0 unspecified atom stereocenters. The van der Waals surface area contributed by atoms with Gasteiger partial charge < -0.3 is 5.73 Å². The second-order valence-corrected chi connectivity index (χ2v) is 6.11. The monoisotopic (exact) mass is 327 g/mol. The van der Waals surface area contributed by atoms with Crippen LogP contribution >= 0.6 is 11.3 Å². The normalized spacial score (nSPS) is 12.0. The summed E-state index contributed by atoms with van der Waals surface area (Å²) < 4.78 is 61.8. The summed E-state index contributed by atoms with van der Waals surface area (Å²) in [5, 5.41) is 1.70. The highest BCUT2D eigenvalue weighted by Crippen LogP contribution is 2.16. The molecule has 20 heavy (non-hydrogen) atoms. The van der Waals surface area contributed by atoms with Crippen molar-refractivity contribution in [2.24, 2.45) is 5.73 Å². The zero-order valence-electron chi connectivity index (χ0n) is 10.1. The van der Waals surface area contributed by atoms with E-state index in [-0.39, 0.29) is 13.1 Å². The number of rotatable bonds is 5. The molecule has 5 nitrogen and oxygen atoms in total. The van der Waals surface area contributed by atoms with Gasteiger partial charge in [0.25, 0.3) is 10.2 Å². The lowest BCUT2D eigenvalue weighted by molar-refractivity contribution is -0.121. The summed E-state index contributed by atoms with van der Waals surface area (Å²) in [4.78, 5) is 0.600. The molecule has 112 valence electrons. The van der Waals surface area contributed by atoms with Gasteiger partial charge in [0.05, 0.1) is 6.54 Å². The standard InChI is InChI=1S/C10H12F3N3O2S2/c11-10(12,13)7-16-20(17,18)15-6-9-8(2-1-4-14)3-5-19-9/h3,5,15-16H,4,6-7,14H2. The number of nitrogens with two attached hydrogens (primary N) is 1. The Morgan fingerprint density at radius 2 is 2.05 bits per heavy atom. The van der Waals surface area contributed by atoms with E-state index in [1.165, 1.54) is 16.1 Å². The average Bonchev–Trinajstić information content (AvgIpc) is 2.78. The maximum atomic E-state index is 11.9. The minimum absolute atomic E-state index is 0.139. The SMILES string of the molecule is NCC#Cc1ccsc1CNS(=O)(=O)NCC(F)(F)F. The molecule has 0 aliphatic heterocycles. The maximum Gasteiger partial charge on any atom is 0.402 e. The molecular weight excluding hydrogens is 315 g/mol. The van der Waals surface area contributed by atoms with Gasteiger partial charge >= 0.3 is 6.18 Å². The summed E-state index contributed by atoms with van der Waals surface area (Å²) in [7, 11) is -4.21. The van der Waals surface area contributed by atoms with Crippen molar-refractivity contribution in [1.82, 2.24) is 9.44 Å². The highest BCUT2D eigenvalue weighted by molar-refractivity contribution is 7.87. The molecule has 0 fully saturated rings. The van der Waals surface area contributed by atoms with Crippen molar-refractivity contribution in [3.8, 4) is 11.8 Å². The van der Waals surface area contributed by atoms with Gasteiger partial charge in [-0.2, -0.15) is 31.0 Å². The van der Waals surface area contributed by atoms with Crippen LogP contribution in [-0.2, 0) is 16.8 Å². The van der Waals surface area contributed by atoms with Gasteiger partial charge in [0.1, 0.15) is 6.54 Å². The van der Waals surface area contributed by atoms with Gasteiger partial charge in [0.2, 0.25) is 0 Å². The van der Waals surface area contributed by atoms with Crippen LogP contribution in [0.15, 0.2) is 11.4 Å². The van der Waals surface area contributed by atoms with Crippen LogP contribution in [0.4, 0.5) is 13.2 Å². The van der Waals surface area contributed by atoms with Crippen molar-refractivity contribution in [1.29, 1.82) is 0 Å². The minimum atomic E-state index is -4.60. The summed E-state index contributed by atoms with van der Waals surface area (Å²) >= 11 is 1.24. The first-order chi connectivity index (χ1) is 9.23. The van der Waals surface area contributed by atoms with Crippen molar-refractivity contribution in [2.75, 3.05) is 13.1 Å². The first-order valence-corrected chi connectivity index (χ1v) is 7.66. The Balaban J connectivity index is 2.61. The Morgan fingerprint density at radius 1 is 1.35 bits per heavy atom. The Hall–Kier alpha value is -1.12. The summed E-state index contributed by atoms with van der Waals surface area (Å²) in [5.41, 5.74) is 5.82. The van der Waals surface area contributed by atoms with E-state index in [1.807, 2.05) is 4.72 Å². The van der Waals surface area contributed by atoms with Crippen molar-refractivity contribution in [2.45, 2.75) is 12.7 Å². The number of halogens is 3. The summed E-state index contributed by atoms with van der Waals surface area (Å²) in [5.74, 6) is 5.36. The molecular formula is C10H12F3N3O2S2. The van der Waals surface area contributed by atoms with E-state index in [4.69, 9.17) is 5.73 Å². The fraction of sp³-hybridized carbons (Fsp3) is 0.400. The van der Waals surface area contributed by atoms with Crippen molar-refractivity contribution in [3.05, 3.63) is 21.9 Å². The van der Waals surface area contributed by atoms with Crippen molar-refractivity contribution >= 4 is 21.5 Å². The molecule has 0 amide bonds. The molecule has 0 aliphatic carbocycles. The molecule has 0 aromatic carbocycles. The van der Waals surface area contributed by atoms with Crippen LogP contribution in [-0.4, -0.2) is 27.7 Å². The quantitative estimate of drug-likeness (QED) is 0.690. The molecule has 0 aliphatic rings. The molecule has 1 aromatic heterocycles. The van der Waals surface area contributed by atoms with Crippen LogP contribution in [0.5, 0.6) is 0 Å². The zero-order valence-corrected chi connectivity index (χ0v) is 11.8. The van der Waals surface area contributed by atoms with E-state index in [2.05, 4.69) is 11.8 Å². The Bertz CT molecular complexity index is 599. The lowest BCUT2D eigenvalue weighted by Gasteiger charge is -2.09. The first-order valence-electron chi connectivity index (χ1n) is 5.30. The van der Waals surface area contributed by atoms with Crippen molar-refractivity contribution < 1.29 is 21.6 Å². The fourth-order valence-corrected chi connectivity index (χ4v) is 2.77. The number of hydrogen-bond acceptors (Lipinski definition) is 4. The highest BCUT2D eigenvalue weighted by Gasteiger charge is 2.29. The summed E-state index contributed by atoms with van der Waals surface area (Å²) in [6, 6.07) is 1.68. The molecule has 1 rings (SSSR count). The van der Waals surface area contributed by atoms with Crippen LogP contribution in [0.1, 0.15) is 10.4 Å². The third-order valence-electron chi connectivity index (χ3n) is 1.96. The molecule has 10 heteroatoms. The van der Waals surface area contributed by atoms with Crippen LogP contribution in [0, 0.1) is 11.8 Å². The van der Waals surface area contributed by atoms with E-state index in [0.717, 1.165) is 0 Å². The number of alkyl halides is 3. The van der Waals surface area contributed by atoms with Crippen LogP contribution in [0.2, 0.25) is 0 Å². The van der Waals surface area contributed by atoms with Crippen molar-refractivity contribution in [3.63, 3.8) is 0 Å². The predicted molar refractivity (Wildman–Crippen MR) is 70.1 cm³/mol. The van der Waals surface area contributed by atoms with E-state index in [0.29, 0.717) is 10.4 Å². The Morgan fingerprint density at radius 3 is 2.65 bits per heavy atom. The van der Waals surface area contributed by atoms with Gasteiger partial charge in [-0.25, -0.2) is 0 Å². The van der Waals surface area contributed by atoms with E-state index in [9.17, 15) is 21.6 Å². The van der Waals surface area contributed by atoms with Gasteiger partial charge in [-0.1, -0.05) is 11.8 Å². The maximum absolute atomic E-state index is 11.9. The molecule has 0 saturated carbocycles. The van der Waals surface area contributed by atoms with Gasteiger partial charge in [-0.3, -0.25) is 0 Å². The second-order valence-electron chi connectivity index (χ2n) is 3.52. The number of nitrogens with one attached hydrogen (secondary N) is 2. The summed E-state index contributed by atoms with van der Waals surface area (Å²) in [6.07, 6.45) is -4.60. The largest absolute Gasteiger partial charge is 0.402 e. The Labute approximate surface area is 118 Å². The van der Waals surface area contributed by atoms with Crippen LogP contribution in [0.25, 0.3) is 0 Å². The molecule has 4 N–H and O–H groups in total. The van der Waals surface area contributed by atoms with Crippen LogP contribution < -0.4 is 15.2 Å². The van der Waals surface area contributed by atoms with Crippen LogP contribution in [0.3, 0.4) is 0 Å². The smallest absolute Gasteiger partial charge is 0.320 e. The van der Waals surface area contributed by atoms with E-state index < -0.39 is 22.9 Å². The zero-order chi connectivity index (χ0) is 15.2.